The van der Waals surface area contributed by atoms with Crippen molar-refractivity contribution in [3.8, 4) is 0 Å². The summed E-state index contributed by atoms with van der Waals surface area (Å²) >= 11 is 0. The molecule has 1 aromatic rings. The summed E-state index contributed by atoms with van der Waals surface area (Å²) in [6.07, 6.45) is 4.67. The molecule has 0 saturated carbocycles. The second kappa shape index (κ2) is 7.72. The molecule has 1 N–H and O–H groups in total. The highest BCUT2D eigenvalue weighted by atomic mass is 16.3. The molecule has 2 amide bonds. The van der Waals surface area contributed by atoms with Crippen LogP contribution in [0.5, 0.6) is 0 Å². The molecule has 3 rings (SSSR count). The number of carbonyl (C=O) groups is 2. The van der Waals surface area contributed by atoms with Gasteiger partial charge in [-0.1, -0.05) is 6.07 Å². The van der Waals surface area contributed by atoms with Crippen molar-refractivity contribution in [3.63, 3.8) is 0 Å². The van der Waals surface area contributed by atoms with E-state index in [1.165, 1.54) is 0 Å². The first kappa shape index (κ1) is 18.8. The fraction of sp³-hybridized carbons (Fsp3) is 0.632. The minimum absolute atomic E-state index is 0.0407. The van der Waals surface area contributed by atoms with Crippen molar-refractivity contribution in [2.24, 2.45) is 5.92 Å². The van der Waals surface area contributed by atoms with Crippen molar-refractivity contribution in [1.82, 2.24) is 19.7 Å². The Labute approximate surface area is 154 Å². The zero-order chi connectivity index (χ0) is 18.7. The lowest BCUT2D eigenvalue weighted by Gasteiger charge is -2.39. The number of hydrogen-bond donors (Lipinski definition) is 1. The number of amides is 2. The summed E-state index contributed by atoms with van der Waals surface area (Å²) in [4.78, 5) is 34.7. The largest absolute Gasteiger partial charge is 0.385 e. The number of pyridine rings is 1. The average molecular weight is 360 g/mol. The Morgan fingerprint density at radius 2 is 2.12 bits per heavy atom. The molecular weight excluding hydrogens is 332 g/mol. The maximum absolute atomic E-state index is 12.8. The number of piperidine rings is 1. The van der Waals surface area contributed by atoms with Gasteiger partial charge in [-0.3, -0.25) is 14.6 Å². The van der Waals surface area contributed by atoms with E-state index in [1.807, 2.05) is 31.1 Å². The predicted octanol–water partition coefficient (Wildman–Crippen LogP) is 0.302. The standard InChI is InChI=1S/C19H28N4O3/c1-21(2)10-11-23-14-15(12-17(23)24)18(25)22-8-5-19(26,6-9-22)16-4-3-7-20-13-16/h3-4,7,13,15,26H,5-6,8-12,14H2,1-2H3. The Morgan fingerprint density at radius 3 is 2.73 bits per heavy atom. The molecule has 7 heteroatoms. The first-order valence-corrected chi connectivity index (χ1v) is 9.23. The highest BCUT2D eigenvalue weighted by Gasteiger charge is 2.40. The van der Waals surface area contributed by atoms with Gasteiger partial charge in [0.05, 0.1) is 11.5 Å². The quantitative estimate of drug-likeness (QED) is 0.817. The SMILES string of the molecule is CN(C)CCN1CC(C(=O)N2CCC(O)(c3cccnc3)CC2)CC1=O. The predicted molar refractivity (Wildman–Crippen MR) is 97.2 cm³/mol. The van der Waals surface area contributed by atoms with E-state index in [2.05, 4.69) is 4.98 Å². The number of hydrogen-bond acceptors (Lipinski definition) is 5. The summed E-state index contributed by atoms with van der Waals surface area (Å²) < 4.78 is 0. The van der Waals surface area contributed by atoms with E-state index in [0.29, 0.717) is 45.4 Å². The summed E-state index contributed by atoms with van der Waals surface area (Å²) in [5, 5.41) is 10.9. The zero-order valence-corrected chi connectivity index (χ0v) is 15.6. The van der Waals surface area contributed by atoms with Gasteiger partial charge in [-0.05, 0) is 33.0 Å². The number of carbonyl (C=O) groups excluding carboxylic acids is 2. The summed E-state index contributed by atoms with van der Waals surface area (Å²) in [7, 11) is 3.95. The number of nitrogens with zero attached hydrogens (tertiary/aromatic N) is 4. The van der Waals surface area contributed by atoms with Gasteiger partial charge in [-0.25, -0.2) is 0 Å². The fourth-order valence-corrected chi connectivity index (χ4v) is 3.76. The van der Waals surface area contributed by atoms with Crippen LogP contribution >= 0.6 is 0 Å². The van der Waals surface area contributed by atoms with E-state index in [9.17, 15) is 14.7 Å². The summed E-state index contributed by atoms with van der Waals surface area (Å²) in [5.74, 6) is -0.151. The molecule has 3 heterocycles. The van der Waals surface area contributed by atoms with Gasteiger partial charge in [0.1, 0.15) is 0 Å². The van der Waals surface area contributed by atoms with Crippen LogP contribution in [0.4, 0.5) is 0 Å². The van der Waals surface area contributed by atoms with Crippen LogP contribution in [0.25, 0.3) is 0 Å². The van der Waals surface area contributed by atoms with Gasteiger partial charge in [0.15, 0.2) is 0 Å². The third kappa shape index (κ3) is 4.04. The van der Waals surface area contributed by atoms with E-state index in [-0.39, 0.29) is 17.7 Å². The van der Waals surface area contributed by atoms with Crippen LogP contribution in [0.1, 0.15) is 24.8 Å². The van der Waals surface area contributed by atoms with Crippen molar-refractivity contribution < 1.29 is 14.7 Å². The molecule has 1 atom stereocenters. The molecule has 1 aromatic heterocycles. The maximum Gasteiger partial charge on any atom is 0.227 e. The number of likely N-dealkylation sites (N-methyl/N-ethyl adjacent to an activating group) is 1. The third-order valence-electron chi connectivity index (χ3n) is 5.48. The fourth-order valence-electron chi connectivity index (χ4n) is 3.76. The summed E-state index contributed by atoms with van der Waals surface area (Å²) in [5.41, 5.74) is -0.119. The lowest BCUT2D eigenvalue weighted by molar-refractivity contribution is -0.140. The minimum Gasteiger partial charge on any atom is -0.385 e. The van der Waals surface area contributed by atoms with Crippen LogP contribution in [0.2, 0.25) is 0 Å². The Morgan fingerprint density at radius 1 is 1.38 bits per heavy atom. The molecular formula is C19H28N4O3. The molecule has 0 aromatic carbocycles. The zero-order valence-electron chi connectivity index (χ0n) is 15.6. The molecule has 7 nitrogen and oxygen atoms in total. The second-order valence-corrected chi connectivity index (χ2v) is 7.64. The molecule has 0 bridgehead atoms. The van der Waals surface area contributed by atoms with Crippen LogP contribution in [-0.2, 0) is 15.2 Å². The number of aliphatic hydroxyl groups is 1. The van der Waals surface area contributed by atoms with Crippen LogP contribution in [0.15, 0.2) is 24.5 Å². The molecule has 0 aliphatic carbocycles. The number of likely N-dealkylation sites (tertiary alicyclic amines) is 2. The Balaban J connectivity index is 1.55. The normalized spacial score (nSPS) is 22.9. The van der Waals surface area contributed by atoms with Crippen LogP contribution in [-0.4, -0.2) is 83.4 Å². The van der Waals surface area contributed by atoms with E-state index in [0.717, 1.165) is 12.1 Å². The average Bonchev–Trinajstić information content (AvgIpc) is 3.01. The van der Waals surface area contributed by atoms with Crippen molar-refractivity contribution in [2.45, 2.75) is 24.9 Å². The molecule has 2 aliphatic heterocycles. The molecule has 2 aliphatic rings. The van der Waals surface area contributed by atoms with E-state index in [1.54, 1.807) is 22.2 Å². The van der Waals surface area contributed by atoms with Crippen molar-refractivity contribution in [1.29, 1.82) is 0 Å². The van der Waals surface area contributed by atoms with E-state index < -0.39 is 5.60 Å². The molecule has 1 unspecified atom stereocenters. The highest BCUT2D eigenvalue weighted by molar-refractivity contribution is 5.89. The molecule has 142 valence electrons. The second-order valence-electron chi connectivity index (χ2n) is 7.64. The first-order chi connectivity index (χ1) is 12.4. The molecule has 2 saturated heterocycles. The van der Waals surface area contributed by atoms with Crippen LogP contribution < -0.4 is 0 Å². The van der Waals surface area contributed by atoms with E-state index >= 15 is 0 Å². The van der Waals surface area contributed by atoms with Gasteiger partial charge in [-0.15, -0.1) is 0 Å². The van der Waals surface area contributed by atoms with Crippen molar-refractivity contribution in [3.05, 3.63) is 30.1 Å². The van der Waals surface area contributed by atoms with Crippen molar-refractivity contribution >= 4 is 11.8 Å². The Kier molecular flexibility index (Phi) is 5.58. The van der Waals surface area contributed by atoms with Gasteiger partial charge in [0, 0.05) is 57.1 Å². The summed E-state index contributed by atoms with van der Waals surface area (Å²) in [6.45, 7) is 2.99. The Bertz CT molecular complexity index is 641. The molecule has 2 fully saturated rings. The van der Waals surface area contributed by atoms with Crippen LogP contribution in [0, 0.1) is 5.92 Å². The van der Waals surface area contributed by atoms with Gasteiger partial charge >= 0.3 is 0 Å². The first-order valence-electron chi connectivity index (χ1n) is 9.23. The monoisotopic (exact) mass is 360 g/mol. The molecule has 0 spiro atoms. The lowest BCUT2D eigenvalue weighted by atomic mass is 9.85. The van der Waals surface area contributed by atoms with Crippen LogP contribution in [0.3, 0.4) is 0 Å². The number of rotatable bonds is 5. The molecule has 0 radical (unpaired) electrons. The number of aromatic nitrogens is 1. The maximum atomic E-state index is 12.8. The van der Waals surface area contributed by atoms with Gasteiger partial charge < -0.3 is 19.8 Å². The Hall–Kier alpha value is -1.99. The minimum atomic E-state index is -0.922. The third-order valence-corrected chi connectivity index (χ3v) is 5.48. The van der Waals surface area contributed by atoms with Crippen molar-refractivity contribution in [2.75, 3.05) is 46.8 Å². The van der Waals surface area contributed by atoms with E-state index in [4.69, 9.17) is 0 Å². The smallest absolute Gasteiger partial charge is 0.227 e. The summed E-state index contributed by atoms with van der Waals surface area (Å²) in [6, 6.07) is 3.69. The van der Waals surface area contributed by atoms with Gasteiger partial charge in [0.2, 0.25) is 11.8 Å². The molecule has 26 heavy (non-hydrogen) atoms. The topological polar surface area (TPSA) is 77.0 Å². The van der Waals surface area contributed by atoms with Gasteiger partial charge in [-0.2, -0.15) is 0 Å². The van der Waals surface area contributed by atoms with Gasteiger partial charge in [0.25, 0.3) is 0 Å². The highest BCUT2D eigenvalue weighted by Crippen LogP contribution is 2.33. The lowest BCUT2D eigenvalue weighted by Crippen LogP contribution is -2.47.